The number of halogens is 1. The minimum atomic E-state index is -0.454. The Morgan fingerprint density at radius 1 is 1.54 bits per heavy atom. The van der Waals surface area contributed by atoms with Crippen LogP contribution in [0.15, 0.2) is 18.2 Å². The summed E-state index contributed by atoms with van der Waals surface area (Å²) in [6.45, 7) is 2.10. The predicted molar refractivity (Wildman–Crippen MR) is 50.6 cm³/mol. The van der Waals surface area contributed by atoms with Gasteiger partial charge in [-0.25, -0.2) is 4.98 Å². The van der Waals surface area contributed by atoms with E-state index in [2.05, 4.69) is 11.9 Å². The van der Waals surface area contributed by atoms with E-state index in [1.54, 1.807) is 12.1 Å². The van der Waals surface area contributed by atoms with Gasteiger partial charge in [-0.05, 0) is 18.6 Å². The Balaban J connectivity index is 2.60. The smallest absolute Gasteiger partial charge is 0.213 e. The summed E-state index contributed by atoms with van der Waals surface area (Å²) in [6, 6.07) is 4.61. The van der Waals surface area contributed by atoms with Crippen molar-refractivity contribution < 1.29 is 4.39 Å². The molecule has 2 nitrogen and oxygen atoms in total. The third-order valence-corrected chi connectivity index (χ3v) is 1.99. The maximum Gasteiger partial charge on any atom is 0.213 e. The molecule has 0 fully saturated rings. The Bertz CT molecular complexity index is 263. The normalized spacial score (nSPS) is 12.8. The Morgan fingerprint density at radius 3 is 2.92 bits per heavy atom. The maximum absolute atomic E-state index is 12.7. The van der Waals surface area contributed by atoms with Gasteiger partial charge in [0.15, 0.2) is 0 Å². The minimum absolute atomic E-state index is 0.129. The molecule has 0 saturated carbocycles. The molecule has 0 aliphatic carbocycles. The van der Waals surface area contributed by atoms with E-state index >= 15 is 0 Å². The van der Waals surface area contributed by atoms with Crippen LogP contribution in [0.25, 0.3) is 0 Å². The van der Waals surface area contributed by atoms with Crippen LogP contribution in [0.5, 0.6) is 0 Å². The lowest BCUT2D eigenvalue weighted by molar-refractivity contribution is 0.544. The highest BCUT2D eigenvalue weighted by atomic mass is 19.1. The van der Waals surface area contributed by atoms with E-state index in [1.165, 1.54) is 6.07 Å². The first-order chi connectivity index (χ1) is 6.24. The molecule has 3 heteroatoms. The zero-order chi connectivity index (χ0) is 9.68. The van der Waals surface area contributed by atoms with Crippen LogP contribution in [0.3, 0.4) is 0 Å². The van der Waals surface area contributed by atoms with Crippen molar-refractivity contribution in [1.29, 1.82) is 0 Å². The lowest BCUT2D eigenvalue weighted by Crippen LogP contribution is -2.12. The van der Waals surface area contributed by atoms with Crippen LogP contribution in [-0.2, 0) is 0 Å². The number of unbranched alkanes of at least 4 members (excludes halogenated alkanes) is 1. The molecule has 0 radical (unpaired) electrons. The third kappa shape index (κ3) is 3.11. The molecular formula is C10H15FN2. The number of hydrogen-bond donors (Lipinski definition) is 1. The molecule has 1 rings (SSSR count). The highest BCUT2D eigenvalue weighted by Gasteiger charge is 2.06. The number of rotatable bonds is 4. The fourth-order valence-electron chi connectivity index (χ4n) is 1.20. The monoisotopic (exact) mass is 182 g/mol. The first-order valence-corrected chi connectivity index (χ1v) is 4.62. The van der Waals surface area contributed by atoms with Crippen LogP contribution in [-0.4, -0.2) is 4.98 Å². The van der Waals surface area contributed by atoms with E-state index in [1.807, 2.05) is 0 Å². The third-order valence-electron chi connectivity index (χ3n) is 1.99. The van der Waals surface area contributed by atoms with Crippen molar-refractivity contribution >= 4 is 0 Å². The number of hydrogen-bond acceptors (Lipinski definition) is 2. The zero-order valence-electron chi connectivity index (χ0n) is 7.83. The lowest BCUT2D eigenvalue weighted by Gasteiger charge is -2.09. The summed E-state index contributed by atoms with van der Waals surface area (Å²) in [5.41, 5.74) is 6.47. The topological polar surface area (TPSA) is 38.9 Å². The molecule has 1 aromatic heterocycles. The number of pyridine rings is 1. The SMILES string of the molecule is CCCC[C@@H](N)c1cccc(F)n1. The van der Waals surface area contributed by atoms with Crippen LogP contribution in [0.4, 0.5) is 4.39 Å². The second-order valence-electron chi connectivity index (χ2n) is 3.13. The summed E-state index contributed by atoms with van der Waals surface area (Å²) >= 11 is 0. The molecule has 0 aliphatic heterocycles. The van der Waals surface area contributed by atoms with Crippen molar-refractivity contribution in [2.45, 2.75) is 32.2 Å². The first kappa shape index (κ1) is 10.1. The van der Waals surface area contributed by atoms with Gasteiger partial charge < -0.3 is 5.73 Å². The molecule has 1 atom stereocenters. The summed E-state index contributed by atoms with van der Waals surface area (Å²) in [5.74, 6) is -0.454. The number of nitrogens with two attached hydrogens (primary N) is 1. The van der Waals surface area contributed by atoms with E-state index in [-0.39, 0.29) is 6.04 Å². The van der Waals surface area contributed by atoms with Crippen LogP contribution >= 0.6 is 0 Å². The van der Waals surface area contributed by atoms with Gasteiger partial charge in [0, 0.05) is 6.04 Å². The molecule has 72 valence electrons. The highest BCUT2D eigenvalue weighted by Crippen LogP contribution is 2.14. The average molecular weight is 182 g/mol. The number of nitrogens with zero attached hydrogens (tertiary/aromatic N) is 1. The van der Waals surface area contributed by atoms with Crippen LogP contribution in [0.2, 0.25) is 0 Å². The molecule has 2 N–H and O–H groups in total. The molecule has 0 spiro atoms. The van der Waals surface area contributed by atoms with Crippen LogP contribution < -0.4 is 5.73 Å². The summed E-state index contributed by atoms with van der Waals surface area (Å²) in [5, 5.41) is 0. The van der Waals surface area contributed by atoms with E-state index in [9.17, 15) is 4.39 Å². The van der Waals surface area contributed by atoms with Crippen molar-refractivity contribution in [2.75, 3.05) is 0 Å². The Kier molecular flexibility index (Phi) is 3.83. The fourth-order valence-corrected chi connectivity index (χ4v) is 1.20. The van der Waals surface area contributed by atoms with Gasteiger partial charge in [0.2, 0.25) is 5.95 Å². The van der Waals surface area contributed by atoms with Gasteiger partial charge in [-0.1, -0.05) is 25.8 Å². The minimum Gasteiger partial charge on any atom is -0.323 e. The second-order valence-corrected chi connectivity index (χ2v) is 3.13. The molecule has 0 unspecified atom stereocenters. The van der Waals surface area contributed by atoms with E-state index in [4.69, 9.17) is 5.73 Å². The van der Waals surface area contributed by atoms with Crippen LogP contribution in [0, 0.1) is 5.95 Å². The van der Waals surface area contributed by atoms with Gasteiger partial charge in [0.1, 0.15) is 0 Å². The second kappa shape index (κ2) is 4.92. The lowest BCUT2D eigenvalue weighted by atomic mass is 10.1. The largest absolute Gasteiger partial charge is 0.323 e. The van der Waals surface area contributed by atoms with Crippen LogP contribution in [0.1, 0.15) is 37.9 Å². The van der Waals surface area contributed by atoms with Crippen molar-refractivity contribution in [2.24, 2.45) is 5.73 Å². The molecule has 0 aliphatic rings. The number of aromatic nitrogens is 1. The average Bonchev–Trinajstić information content (AvgIpc) is 2.14. The Morgan fingerprint density at radius 2 is 2.31 bits per heavy atom. The molecule has 1 heterocycles. The molecule has 0 bridgehead atoms. The maximum atomic E-state index is 12.7. The highest BCUT2D eigenvalue weighted by molar-refractivity contribution is 5.08. The van der Waals surface area contributed by atoms with Gasteiger partial charge in [-0.3, -0.25) is 0 Å². The summed E-state index contributed by atoms with van der Waals surface area (Å²) in [6.07, 6.45) is 3.02. The van der Waals surface area contributed by atoms with E-state index < -0.39 is 5.95 Å². The summed E-state index contributed by atoms with van der Waals surface area (Å²) in [4.78, 5) is 3.73. The van der Waals surface area contributed by atoms with Crippen molar-refractivity contribution in [3.63, 3.8) is 0 Å². The quantitative estimate of drug-likeness (QED) is 0.726. The van der Waals surface area contributed by atoms with Gasteiger partial charge in [0.25, 0.3) is 0 Å². The Hall–Kier alpha value is -0.960. The summed E-state index contributed by atoms with van der Waals surface area (Å²) < 4.78 is 12.7. The first-order valence-electron chi connectivity index (χ1n) is 4.62. The molecule has 0 amide bonds. The van der Waals surface area contributed by atoms with Crippen molar-refractivity contribution in [3.8, 4) is 0 Å². The summed E-state index contributed by atoms with van der Waals surface area (Å²) in [7, 11) is 0. The van der Waals surface area contributed by atoms with Gasteiger partial charge in [-0.2, -0.15) is 4.39 Å². The van der Waals surface area contributed by atoms with Crippen molar-refractivity contribution in [3.05, 3.63) is 29.8 Å². The molecule has 0 aromatic carbocycles. The molecule has 13 heavy (non-hydrogen) atoms. The molecule has 0 saturated heterocycles. The van der Waals surface area contributed by atoms with Gasteiger partial charge >= 0.3 is 0 Å². The zero-order valence-corrected chi connectivity index (χ0v) is 7.83. The fraction of sp³-hybridized carbons (Fsp3) is 0.500. The van der Waals surface area contributed by atoms with E-state index in [0.29, 0.717) is 5.69 Å². The van der Waals surface area contributed by atoms with Gasteiger partial charge in [-0.15, -0.1) is 0 Å². The predicted octanol–water partition coefficient (Wildman–Crippen LogP) is 2.41. The molecule has 1 aromatic rings. The Labute approximate surface area is 78.0 Å². The van der Waals surface area contributed by atoms with E-state index in [0.717, 1.165) is 19.3 Å². The standard InChI is InChI=1S/C10H15FN2/c1-2-3-5-8(12)9-6-4-7-10(11)13-9/h4,6-8H,2-3,5,12H2,1H3/t8-/m1/s1. The van der Waals surface area contributed by atoms with Crippen molar-refractivity contribution in [1.82, 2.24) is 4.98 Å². The van der Waals surface area contributed by atoms with Gasteiger partial charge in [0.05, 0.1) is 5.69 Å². The molecular weight excluding hydrogens is 167 g/mol.